The first-order chi connectivity index (χ1) is 10.5. The zero-order valence-corrected chi connectivity index (χ0v) is 12.6. The van der Waals surface area contributed by atoms with Crippen LogP contribution in [0.5, 0.6) is 0 Å². The first-order valence-corrected chi connectivity index (χ1v) is 8.36. The van der Waals surface area contributed by atoms with E-state index in [9.17, 15) is 18.5 Å². The quantitative estimate of drug-likeness (QED) is 0.626. The predicted octanol–water partition coefficient (Wildman–Crippen LogP) is 2.26. The van der Waals surface area contributed by atoms with Crippen LogP contribution in [0.3, 0.4) is 0 Å². The van der Waals surface area contributed by atoms with Crippen molar-refractivity contribution in [2.75, 3.05) is 6.54 Å². The Kier molecular flexibility index (Phi) is 5.24. The minimum absolute atomic E-state index is 0.0217. The minimum Gasteiger partial charge on any atom is -0.258 e. The summed E-state index contributed by atoms with van der Waals surface area (Å²) in [5.74, 6) is -0.0614. The highest BCUT2D eigenvalue weighted by Crippen LogP contribution is 2.12. The molecule has 0 aliphatic heterocycles. The van der Waals surface area contributed by atoms with Gasteiger partial charge in [-0.2, -0.15) is 0 Å². The topological polar surface area (TPSA) is 89.3 Å². The molecule has 2 rings (SSSR count). The van der Waals surface area contributed by atoms with Crippen LogP contribution in [0.4, 0.5) is 5.69 Å². The maximum absolute atomic E-state index is 11.9. The van der Waals surface area contributed by atoms with E-state index in [4.69, 9.17) is 0 Å². The van der Waals surface area contributed by atoms with Crippen LogP contribution in [0.1, 0.15) is 11.1 Å². The lowest BCUT2D eigenvalue weighted by Gasteiger charge is -2.07. The van der Waals surface area contributed by atoms with Gasteiger partial charge in [0, 0.05) is 18.7 Å². The lowest BCUT2D eigenvalue weighted by atomic mass is 10.1. The summed E-state index contributed by atoms with van der Waals surface area (Å²) in [6.07, 6.45) is 0.478. The zero-order valence-electron chi connectivity index (χ0n) is 11.8. The summed E-state index contributed by atoms with van der Waals surface area (Å²) >= 11 is 0. The maximum atomic E-state index is 11.9. The molecule has 0 heterocycles. The van der Waals surface area contributed by atoms with Gasteiger partial charge in [-0.3, -0.25) is 10.1 Å². The van der Waals surface area contributed by atoms with E-state index in [-0.39, 0.29) is 18.0 Å². The molecule has 2 aromatic carbocycles. The van der Waals surface area contributed by atoms with Gasteiger partial charge in [-0.1, -0.05) is 42.5 Å². The third-order valence-electron chi connectivity index (χ3n) is 3.08. The average Bonchev–Trinajstić information content (AvgIpc) is 2.48. The van der Waals surface area contributed by atoms with Crippen LogP contribution in [-0.4, -0.2) is 19.9 Å². The summed E-state index contributed by atoms with van der Waals surface area (Å²) in [5.41, 5.74) is 1.59. The monoisotopic (exact) mass is 320 g/mol. The Bertz CT molecular complexity index is 728. The molecule has 6 nitrogen and oxygen atoms in total. The number of rotatable bonds is 7. The van der Waals surface area contributed by atoms with Gasteiger partial charge in [-0.05, 0) is 17.5 Å². The second kappa shape index (κ2) is 7.15. The summed E-state index contributed by atoms with van der Waals surface area (Å²) in [4.78, 5) is 10.1. The number of nitro benzene ring substituents is 1. The molecule has 0 saturated heterocycles. The molecular weight excluding hydrogens is 304 g/mol. The predicted molar refractivity (Wildman–Crippen MR) is 83.9 cm³/mol. The van der Waals surface area contributed by atoms with Gasteiger partial charge in [0.05, 0.1) is 10.7 Å². The summed E-state index contributed by atoms with van der Waals surface area (Å²) < 4.78 is 26.4. The molecular formula is C15H16N2O4S. The van der Waals surface area contributed by atoms with Crippen molar-refractivity contribution in [1.29, 1.82) is 0 Å². The molecule has 0 spiro atoms. The van der Waals surface area contributed by atoms with Crippen molar-refractivity contribution in [3.05, 3.63) is 75.8 Å². The van der Waals surface area contributed by atoms with Gasteiger partial charge in [0.25, 0.3) is 5.69 Å². The molecule has 22 heavy (non-hydrogen) atoms. The van der Waals surface area contributed by atoms with Crippen LogP contribution in [0, 0.1) is 10.1 Å². The number of sulfonamides is 1. The van der Waals surface area contributed by atoms with Crippen LogP contribution >= 0.6 is 0 Å². The molecule has 1 N–H and O–H groups in total. The summed E-state index contributed by atoms with van der Waals surface area (Å²) in [6.45, 7) is 0.257. The van der Waals surface area contributed by atoms with Crippen molar-refractivity contribution in [1.82, 2.24) is 4.72 Å². The lowest BCUT2D eigenvalue weighted by Crippen LogP contribution is -2.27. The van der Waals surface area contributed by atoms with E-state index in [1.54, 1.807) is 36.4 Å². The highest BCUT2D eigenvalue weighted by atomic mass is 32.2. The number of benzene rings is 2. The van der Waals surface area contributed by atoms with E-state index in [1.807, 2.05) is 6.07 Å². The smallest absolute Gasteiger partial charge is 0.258 e. The van der Waals surface area contributed by atoms with Crippen molar-refractivity contribution >= 4 is 15.7 Å². The van der Waals surface area contributed by atoms with Gasteiger partial charge in [0.1, 0.15) is 0 Å². The Morgan fingerprint density at radius 1 is 0.955 bits per heavy atom. The number of hydrogen-bond donors (Lipinski definition) is 1. The van der Waals surface area contributed by atoms with E-state index < -0.39 is 14.9 Å². The normalized spacial score (nSPS) is 11.3. The lowest BCUT2D eigenvalue weighted by molar-refractivity contribution is -0.384. The van der Waals surface area contributed by atoms with Crippen LogP contribution in [0.25, 0.3) is 0 Å². The van der Waals surface area contributed by atoms with Crippen molar-refractivity contribution in [2.24, 2.45) is 0 Å². The second-order valence-corrected chi connectivity index (χ2v) is 6.62. The number of hydrogen-bond acceptors (Lipinski definition) is 4. The van der Waals surface area contributed by atoms with Gasteiger partial charge >= 0.3 is 0 Å². The first-order valence-electron chi connectivity index (χ1n) is 6.71. The molecule has 116 valence electrons. The standard InChI is InChI=1S/C15H16N2O4S/c18-17(19)15-8-6-13(7-9-15)10-11-16-22(20,21)12-14-4-2-1-3-5-14/h1-9,16H,10-12H2. The molecule has 0 radical (unpaired) electrons. The molecule has 0 atom stereocenters. The first kappa shape index (κ1) is 16.1. The molecule has 0 fully saturated rings. The third-order valence-corrected chi connectivity index (χ3v) is 4.44. The van der Waals surface area contributed by atoms with E-state index in [2.05, 4.69) is 4.72 Å². The highest BCUT2D eigenvalue weighted by Gasteiger charge is 2.11. The second-order valence-electron chi connectivity index (χ2n) is 4.81. The Hall–Kier alpha value is -2.25. The Labute approximate surface area is 129 Å². The van der Waals surface area contributed by atoms with Gasteiger partial charge in [0.15, 0.2) is 0 Å². The van der Waals surface area contributed by atoms with Gasteiger partial charge < -0.3 is 0 Å². The van der Waals surface area contributed by atoms with Gasteiger partial charge in [-0.15, -0.1) is 0 Å². The minimum atomic E-state index is -3.38. The summed E-state index contributed by atoms with van der Waals surface area (Å²) in [5, 5.41) is 10.5. The fourth-order valence-corrected chi connectivity index (χ4v) is 3.13. The van der Waals surface area contributed by atoms with Crippen molar-refractivity contribution < 1.29 is 13.3 Å². The molecule has 0 aliphatic rings. The largest absolute Gasteiger partial charge is 0.269 e. The summed E-state index contributed by atoms with van der Waals surface area (Å²) in [6, 6.07) is 15.0. The van der Waals surface area contributed by atoms with E-state index in [0.717, 1.165) is 11.1 Å². The Balaban J connectivity index is 1.86. The van der Waals surface area contributed by atoms with Crippen molar-refractivity contribution in [3.63, 3.8) is 0 Å². The van der Waals surface area contributed by atoms with E-state index in [0.29, 0.717) is 6.42 Å². The highest BCUT2D eigenvalue weighted by molar-refractivity contribution is 7.88. The SMILES string of the molecule is O=[N+]([O-])c1ccc(CCNS(=O)(=O)Cc2ccccc2)cc1. The zero-order chi connectivity index (χ0) is 16.0. The van der Waals surface area contributed by atoms with Crippen molar-refractivity contribution in [2.45, 2.75) is 12.2 Å². The van der Waals surface area contributed by atoms with E-state index >= 15 is 0 Å². The number of nitrogens with zero attached hydrogens (tertiary/aromatic N) is 1. The fraction of sp³-hybridized carbons (Fsp3) is 0.200. The van der Waals surface area contributed by atoms with Gasteiger partial charge in [0.2, 0.25) is 10.0 Å². The molecule has 0 unspecified atom stereocenters. The van der Waals surface area contributed by atoms with Crippen LogP contribution in [0.15, 0.2) is 54.6 Å². The van der Waals surface area contributed by atoms with Crippen LogP contribution in [-0.2, 0) is 22.2 Å². The molecule has 7 heteroatoms. The van der Waals surface area contributed by atoms with Crippen molar-refractivity contribution in [3.8, 4) is 0 Å². The molecule has 2 aromatic rings. The Morgan fingerprint density at radius 3 is 2.18 bits per heavy atom. The molecule has 0 aromatic heterocycles. The number of nitrogens with one attached hydrogen (secondary N) is 1. The van der Waals surface area contributed by atoms with Crippen LogP contribution in [0.2, 0.25) is 0 Å². The molecule has 0 aliphatic carbocycles. The maximum Gasteiger partial charge on any atom is 0.269 e. The third kappa shape index (κ3) is 4.94. The average molecular weight is 320 g/mol. The summed E-state index contributed by atoms with van der Waals surface area (Å²) in [7, 11) is -3.38. The Morgan fingerprint density at radius 2 is 1.59 bits per heavy atom. The molecule has 0 saturated carbocycles. The van der Waals surface area contributed by atoms with Gasteiger partial charge in [-0.25, -0.2) is 13.1 Å². The molecule has 0 bridgehead atoms. The number of nitro groups is 1. The fourth-order valence-electron chi connectivity index (χ4n) is 1.98. The number of non-ortho nitro benzene ring substituents is 1. The van der Waals surface area contributed by atoms with Crippen LogP contribution < -0.4 is 4.72 Å². The van der Waals surface area contributed by atoms with E-state index in [1.165, 1.54) is 12.1 Å². The molecule has 0 amide bonds.